The number of ether oxygens (including phenoxy) is 2. The molecule has 11 heteroatoms. The van der Waals surface area contributed by atoms with Crippen molar-refractivity contribution in [3.63, 3.8) is 0 Å². The maximum Gasteiger partial charge on any atom is 0.425 e. The molecule has 0 saturated heterocycles. The van der Waals surface area contributed by atoms with Crippen LogP contribution in [0.1, 0.15) is 15.3 Å². The van der Waals surface area contributed by atoms with Gasteiger partial charge in [-0.2, -0.15) is 31.3 Å². The zero-order valence-electron chi connectivity index (χ0n) is 13.3. The van der Waals surface area contributed by atoms with Crippen molar-refractivity contribution in [3.8, 4) is 21.9 Å². The van der Waals surface area contributed by atoms with Crippen LogP contribution in [0.3, 0.4) is 0 Å². The average molecular weight is 425 g/mol. The molecule has 0 saturated carbocycles. The van der Waals surface area contributed by atoms with Crippen molar-refractivity contribution in [1.29, 1.82) is 0 Å². The lowest BCUT2D eigenvalue weighted by Gasteiger charge is -2.07. The molecule has 144 valence electrons. The van der Waals surface area contributed by atoms with Gasteiger partial charge in [-0.15, -0.1) is 0 Å². The van der Waals surface area contributed by atoms with Gasteiger partial charge in [-0.3, -0.25) is 0 Å². The molecule has 0 aromatic carbocycles. The first-order chi connectivity index (χ1) is 12.5. The van der Waals surface area contributed by atoms with Gasteiger partial charge in [-0.1, -0.05) is 22.7 Å². The Morgan fingerprint density at radius 3 is 1.48 bits per heavy atom. The molecular weight excluding hydrogens is 416 g/mol. The molecule has 0 spiro atoms. The van der Waals surface area contributed by atoms with Crippen LogP contribution in [0.5, 0.6) is 21.9 Å². The molecule has 27 heavy (non-hydrogen) atoms. The van der Waals surface area contributed by atoms with Crippen LogP contribution < -0.4 is 9.47 Å². The number of hydrogen-bond donors (Lipinski definition) is 0. The van der Waals surface area contributed by atoms with Crippen LogP contribution >= 0.6 is 22.7 Å². The molecule has 0 N–H and O–H groups in total. The minimum absolute atomic E-state index is 0.0261. The second kappa shape index (κ2) is 7.04. The highest BCUT2D eigenvalue weighted by atomic mass is 32.1. The highest BCUT2D eigenvalue weighted by Gasteiger charge is 2.33. The zero-order chi connectivity index (χ0) is 19.8. The maximum atomic E-state index is 12.6. The molecule has 0 aliphatic rings. The van der Waals surface area contributed by atoms with Crippen LogP contribution in [0.4, 0.5) is 26.3 Å². The minimum Gasteiger partial charge on any atom is -0.428 e. The van der Waals surface area contributed by atoms with E-state index >= 15 is 0 Å². The molecule has 0 atom stereocenters. The zero-order valence-corrected chi connectivity index (χ0v) is 14.9. The molecule has 0 aliphatic carbocycles. The number of rotatable bonds is 4. The van der Waals surface area contributed by atoms with E-state index in [0.29, 0.717) is 28.2 Å². The first kappa shape index (κ1) is 19.5. The highest BCUT2D eigenvalue weighted by molar-refractivity contribution is 7.14. The van der Waals surface area contributed by atoms with Gasteiger partial charge >= 0.3 is 12.4 Å². The lowest BCUT2D eigenvalue weighted by Crippen LogP contribution is -2.00. The monoisotopic (exact) mass is 425 g/mol. The Kier molecular flexibility index (Phi) is 5.08. The van der Waals surface area contributed by atoms with Crippen LogP contribution in [0.2, 0.25) is 0 Å². The van der Waals surface area contributed by atoms with Gasteiger partial charge in [0, 0.05) is 12.1 Å². The van der Waals surface area contributed by atoms with Crippen molar-refractivity contribution < 1.29 is 35.8 Å². The number of aromatic nitrogens is 1. The number of alkyl halides is 6. The predicted octanol–water partition coefficient (Wildman–Crippen LogP) is 7.14. The third-order valence-electron chi connectivity index (χ3n) is 3.05. The quantitative estimate of drug-likeness (QED) is 0.417. The van der Waals surface area contributed by atoms with E-state index in [0.717, 1.165) is 24.3 Å². The fraction of sp³-hybridized carbons (Fsp3) is 0.188. The Morgan fingerprint density at radius 1 is 0.741 bits per heavy atom. The second-order valence-electron chi connectivity index (χ2n) is 5.26. The first-order valence-corrected chi connectivity index (χ1v) is 8.82. The highest BCUT2D eigenvalue weighted by Crippen LogP contribution is 2.41. The van der Waals surface area contributed by atoms with Crippen molar-refractivity contribution in [1.82, 2.24) is 4.98 Å². The normalized spacial score (nSPS) is 12.3. The summed E-state index contributed by atoms with van der Waals surface area (Å²) in [5, 5.41) is -0.0521. The molecule has 0 aliphatic heterocycles. The van der Waals surface area contributed by atoms with Crippen LogP contribution in [-0.4, -0.2) is 4.98 Å². The van der Waals surface area contributed by atoms with Crippen LogP contribution in [0.15, 0.2) is 36.4 Å². The topological polar surface area (TPSA) is 31.4 Å². The van der Waals surface area contributed by atoms with E-state index in [-0.39, 0.29) is 21.9 Å². The fourth-order valence-corrected chi connectivity index (χ4v) is 3.43. The van der Waals surface area contributed by atoms with Gasteiger partial charge in [0.05, 0.1) is 0 Å². The summed E-state index contributed by atoms with van der Waals surface area (Å²) in [5.41, 5.74) is 0.607. The van der Waals surface area contributed by atoms with Crippen LogP contribution in [-0.2, 0) is 12.4 Å². The fourth-order valence-electron chi connectivity index (χ4n) is 1.97. The molecule has 0 radical (unpaired) electrons. The van der Waals surface area contributed by atoms with Crippen molar-refractivity contribution in [2.75, 3.05) is 0 Å². The summed E-state index contributed by atoms with van der Waals surface area (Å²) in [7, 11) is 0. The van der Waals surface area contributed by atoms with Gasteiger partial charge in [0.1, 0.15) is 9.75 Å². The Balaban J connectivity index is 1.78. The summed E-state index contributed by atoms with van der Waals surface area (Å²) < 4.78 is 86.5. The predicted molar refractivity (Wildman–Crippen MR) is 87.8 cm³/mol. The molecule has 0 bridgehead atoms. The lowest BCUT2D eigenvalue weighted by atomic mass is 10.3. The molecule has 3 aromatic heterocycles. The SMILES string of the molecule is Cc1cc(Oc2ccc(C(F)(F)F)s2)nc(Oc2ccc(C(F)(F)F)s2)c1. The number of hydrogen-bond acceptors (Lipinski definition) is 5. The lowest BCUT2D eigenvalue weighted by molar-refractivity contribution is -0.135. The molecule has 0 amide bonds. The Labute approximate surface area is 156 Å². The smallest absolute Gasteiger partial charge is 0.425 e. The van der Waals surface area contributed by atoms with E-state index in [4.69, 9.17) is 9.47 Å². The van der Waals surface area contributed by atoms with E-state index < -0.39 is 22.1 Å². The van der Waals surface area contributed by atoms with Crippen molar-refractivity contribution >= 4 is 22.7 Å². The third kappa shape index (κ3) is 4.92. The number of halogens is 6. The summed E-state index contributed by atoms with van der Waals surface area (Å²) in [5.74, 6) is -0.0682. The first-order valence-electron chi connectivity index (χ1n) is 7.19. The average Bonchev–Trinajstić information content (AvgIpc) is 3.15. The van der Waals surface area contributed by atoms with Gasteiger partial charge < -0.3 is 9.47 Å². The Hall–Kier alpha value is -2.27. The van der Waals surface area contributed by atoms with Gasteiger partial charge in [-0.25, -0.2) is 0 Å². The van der Waals surface area contributed by atoms with E-state index in [1.165, 1.54) is 12.1 Å². The van der Waals surface area contributed by atoms with E-state index in [1.54, 1.807) is 6.92 Å². The summed E-state index contributed by atoms with van der Waals surface area (Å²) in [6.45, 7) is 1.66. The standard InChI is InChI=1S/C16H9F6NO2S2/c1-8-6-11(24-13-4-2-9(26-13)15(17,18)19)23-12(7-8)25-14-5-3-10(27-14)16(20,21)22/h2-7H,1H3. The van der Waals surface area contributed by atoms with Crippen molar-refractivity contribution in [2.24, 2.45) is 0 Å². The number of thiophene rings is 2. The molecule has 3 nitrogen and oxygen atoms in total. The van der Waals surface area contributed by atoms with E-state index in [1.807, 2.05) is 0 Å². The molecule has 3 aromatic rings. The number of aryl methyl sites for hydroxylation is 1. The van der Waals surface area contributed by atoms with Gasteiger partial charge in [0.2, 0.25) is 11.8 Å². The number of pyridine rings is 1. The van der Waals surface area contributed by atoms with Crippen LogP contribution in [0, 0.1) is 6.92 Å². The Bertz CT molecular complexity index is 873. The molecule has 0 fully saturated rings. The summed E-state index contributed by atoms with van der Waals surface area (Å²) in [6.07, 6.45) is -8.95. The Morgan fingerprint density at radius 2 is 1.15 bits per heavy atom. The van der Waals surface area contributed by atoms with Gasteiger partial charge in [0.25, 0.3) is 0 Å². The summed E-state index contributed by atoms with van der Waals surface area (Å²) >= 11 is 0.811. The largest absolute Gasteiger partial charge is 0.428 e. The van der Waals surface area contributed by atoms with Gasteiger partial charge in [-0.05, 0) is 36.8 Å². The van der Waals surface area contributed by atoms with E-state index in [9.17, 15) is 26.3 Å². The van der Waals surface area contributed by atoms with Crippen molar-refractivity contribution in [3.05, 3.63) is 51.7 Å². The van der Waals surface area contributed by atoms with Crippen LogP contribution in [0.25, 0.3) is 0 Å². The van der Waals surface area contributed by atoms with Crippen molar-refractivity contribution in [2.45, 2.75) is 19.3 Å². The van der Waals surface area contributed by atoms with Gasteiger partial charge in [0.15, 0.2) is 10.1 Å². The minimum atomic E-state index is -4.48. The maximum absolute atomic E-state index is 12.6. The van der Waals surface area contributed by atoms with E-state index in [2.05, 4.69) is 4.98 Å². The second-order valence-corrected chi connectivity index (χ2v) is 7.35. The summed E-state index contributed by atoms with van der Waals surface area (Å²) in [6, 6.07) is 7.03. The summed E-state index contributed by atoms with van der Waals surface area (Å²) in [4.78, 5) is 2.33. The third-order valence-corrected chi connectivity index (χ3v) is 5.07. The molecule has 3 rings (SSSR count). The molecular formula is C16H9F6NO2S2. The number of nitrogens with zero attached hydrogens (tertiary/aromatic N) is 1. The molecule has 3 heterocycles. The molecule has 0 unspecified atom stereocenters.